The predicted molar refractivity (Wildman–Crippen MR) is 125 cm³/mol. The lowest BCUT2D eigenvalue weighted by atomic mass is 9.85. The average molecular weight is 635 g/mol. The summed E-state index contributed by atoms with van der Waals surface area (Å²) in [5, 5.41) is 2.82. The molecule has 0 bridgehead atoms. The highest BCUT2D eigenvalue weighted by molar-refractivity contribution is 6.30. The largest absolute Gasteiger partial charge is 0.435 e. The van der Waals surface area contributed by atoms with E-state index in [0.717, 1.165) is 12.1 Å². The quantitative estimate of drug-likeness (QED) is 0.391. The van der Waals surface area contributed by atoms with Crippen LogP contribution in [-0.2, 0) is 16.6 Å². The number of urea groups is 1. The highest BCUT2D eigenvalue weighted by Crippen LogP contribution is 2.51. The number of hydrogen-bond acceptors (Lipinski definition) is 4. The summed E-state index contributed by atoms with van der Waals surface area (Å²) in [6.45, 7) is -0.734. The first kappa shape index (κ1) is 31.2. The number of benzene rings is 2. The summed E-state index contributed by atoms with van der Waals surface area (Å²) in [5.74, 6) is -2.71. The van der Waals surface area contributed by atoms with E-state index in [4.69, 9.17) is 11.6 Å². The lowest BCUT2D eigenvalue weighted by molar-refractivity contribution is -0.276. The van der Waals surface area contributed by atoms with Gasteiger partial charge in [-0.1, -0.05) is 22.8 Å². The smallest absolute Gasteiger partial charge is 0.374 e. The first-order chi connectivity index (χ1) is 19.2. The Morgan fingerprint density at radius 2 is 1.74 bits per heavy atom. The van der Waals surface area contributed by atoms with Crippen LogP contribution in [0.5, 0.6) is 0 Å². The topological polar surface area (TPSA) is 74.2 Å². The molecule has 7 nitrogen and oxygen atoms in total. The number of nitrogens with zero attached hydrogens (tertiary/aromatic N) is 3. The Bertz CT molecular complexity index is 1460. The third-order valence-electron chi connectivity index (χ3n) is 6.48. The molecule has 4 rings (SSSR count). The summed E-state index contributed by atoms with van der Waals surface area (Å²) in [4.78, 5) is 29.9. The van der Waals surface area contributed by atoms with Gasteiger partial charge >= 0.3 is 24.6 Å². The monoisotopic (exact) mass is 634 g/mol. The van der Waals surface area contributed by atoms with E-state index >= 15 is 0 Å². The summed E-state index contributed by atoms with van der Waals surface area (Å²) in [6.07, 6.45) is -16.5. The minimum absolute atomic E-state index is 0.0542. The number of hydrogen-bond donors (Lipinski definition) is 1. The molecule has 0 aliphatic carbocycles. The fourth-order valence-corrected chi connectivity index (χ4v) is 4.63. The molecule has 1 N–H and O–H groups in total. The van der Waals surface area contributed by atoms with Crippen molar-refractivity contribution in [3.63, 3.8) is 0 Å². The molecule has 42 heavy (non-hydrogen) atoms. The molecule has 1 fully saturated rings. The van der Waals surface area contributed by atoms with Crippen molar-refractivity contribution in [2.75, 3.05) is 19.6 Å². The van der Waals surface area contributed by atoms with E-state index in [9.17, 15) is 53.5 Å². The molecule has 2 aromatic carbocycles. The number of nitrogens with one attached hydrogen (secondary N) is 1. The SMILES string of the molecule is Cc1cc(C2=NOC(c3cc(C(F)(F)F)cc(Cl)c3F)(C(F)(F)F)C2)ccc1C(=O)NN1CCN(CC(F)(F)F)C1=O. The van der Waals surface area contributed by atoms with Crippen molar-refractivity contribution >= 4 is 29.3 Å². The molecule has 2 aliphatic rings. The number of aryl methyl sites for hydroxylation is 1. The van der Waals surface area contributed by atoms with Crippen LogP contribution < -0.4 is 5.43 Å². The maximum Gasteiger partial charge on any atom is 0.435 e. The molecule has 228 valence electrons. The van der Waals surface area contributed by atoms with Crippen LogP contribution in [0.4, 0.5) is 48.7 Å². The zero-order valence-corrected chi connectivity index (χ0v) is 21.7. The van der Waals surface area contributed by atoms with Gasteiger partial charge in [0.2, 0.25) is 0 Å². The van der Waals surface area contributed by atoms with Crippen molar-refractivity contribution in [3.05, 3.63) is 69.0 Å². The fraction of sp³-hybridized carbons (Fsp3) is 0.375. The molecule has 0 saturated carbocycles. The Morgan fingerprint density at radius 3 is 2.31 bits per heavy atom. The second-order valence-electron chi connectivity index (χ2n) is 9.39. The van der Waals surface area contributed by atoms with Crippen LogP contribution >= 0.6 is 11.6 Å². The van der Waals surface area contributed by atoms with E-state index in [2.05, 4.69) is 15.4 Å². The maximum atomic E-state index is 14.8. The van der Waals surface area contributed by atoms with Crippen LogP contribution in [0.25, 0.3) is 0 Å². The van der Waals surface area contributed by atoms with Crippen LogP contribution in [0.2, 0.25) is 5.02 Å². The van der Waals surface area contributed by atoms with E-state index in [1.54, 1.807) is 0 Å². The minimum Gasteiger partial charge on any atom is -0.374 e. The van der Waals surface area contributed by atoms with Crippen molar-refractivity contribution in [1.29, 1.82) is 0 Å². The predicted octanol–water partition coefficient (Wildman–Crippen LogP) is 6.33. The molecule has 0 aromatic heterocycles. The Kier molecular flexibility index (Phi) is 7.80. The number of rotatable bonds is 5. The lowest BCUT2D eigenvalue weighted by Gasteiger charge is -2.30. The van der Waals surface area contributed by atoms with E-state index < -0.39 is 76.7 Å². The van der Waals surface area contributed by atoms with Crippen LogP contribution in [0.1, 0.15) is 39.0 Å². The zero-order chi connectivity index (χ0) is 31.4. The molecule has 1 unspecified atom stereocenters. The summed E-state index contributed by atoms with van der Waals surface area (Å²) in [6, 6.07) is 2.40. The molecule has 1 saturated heterocycles. The standard InChI is InChI=1S/C24H17ClF10N4O3/c1-11-6-12(2-3-14(11)19(40)36-39-5-4-38(20(39)41)10-22(27,28)29)17-9-21(42-37-17,24(33,34)35)15-7-13(23(30,31)32)8-16(25)18(15)26/h2-3,6-8H,4-5,9-10H2,1H3,(H,36,40). The van der Waals surface area contributed by atoms with Gasteiger partial charge in [0.15, 0.2) is 0 Å². The number of carbonyl (C=O) groups excluding carboxylic acids is 2. The Balaban J connectivity index is 1.57. The van der Waals surface area contributed by atoms with Gasteiger partial charge in [0.05, 0.1) is 29.3 Å². The van der Waals surface area contributed by atoms with E-state index in [1.807, 2.05) is 0 Å². The molecule has 18 heteroatoms. The third kappa shape index (κ3) is 5.91. The van der Waals surface area contributed by atoms with Crippen LogP contribution in [0.3, 0.4) is 0 Å². The molecular formula is C24H17ClF10N4O3. The van der Waals surface area contributed by atoms with Crippen molar-refractivity contribution in [3.8, 4) is 0 Å². The summed E-state index contributed by atoms with van der Waals surface area (Å²) < 4.78 is 135. The third-order valence-corrected chi connectivity index (χ3v) is 6.76. The van der Waals surface area contributed by atoms with Crippen molar-refractivity contribution in [1.82, 2.24) is 15.3 Å². The Labute approximate surface area is 234 Å². The normalized spacial score (nSPS) is 19.7. The fourth-order valence-electron chi connectivity index (χ4n) is 4.41. The number of oxime groups is 1. The van der Waals surface area contributed by atoms with Gasteiger partial charge in [-0.25, -0.2) is 14.2 Å². The van der Waals surface area contributed by atoms with Crippen molar-refractivity contribution in [2.45, 2.75) is 37.5 Å². The maximum absolute atomic E-state index is 14.8. The van der Waals surface area contributed by atoms with E-state index in [0.29, 0.717) is 9.91 Å². The van der Waals surface area contributed by atoms with Gasteiger partial charge in [0, 0.05) is 17.7 Å². The molecule has 2 aromatic rings. The first-order valence-electron chi connectivity index (χ1n) is 11.7. The molecule has 0 spiro atoms. The summed E-state index contributed by atoms with van der Waals surface area (Å²) in [5.41, 5.74) is -5.20. The van der Waals surface area contributed by atoms with Gasteiger partial charge in [-0.05, 0) is 42.3 Å². The number of halogens is 11. The average Bonchev–Trinajstić information content (AvgIpc) is 3.44. The molecule has 3 amide bonds. The highest BCUT2D eigenvalue weighted by Gasteiger charge is 2.64. The van der Waals surface area contributed by atoms with Gasteiger partial charge < -0.3 is 9.74 Å². The summed E-state index contributed by atoms with van der Waals surface area (Å²) in [7, 11) is 0. The summed E-state index contributed by atoms with van der Waals surface area (Å²) >= 11 is 5.49. The van der Waals surface area contributed by atoms with Crippen molar-refractivity contribution < 1.29 is 58.3 Å². The number of hydrazine groups is 1. The first-order valence-corrected chi connectivity index (χ1v) is 12.0. The Hall–Kier alpha value is -3.76. The van der Waals surface area contributed by atoms with Gasteiger partial charge in [-0.15, -0.1) is 0 Å². The molecule has 0 radical (unpaired) electrons. The Morgan fingerprint density at radius 1 is 1.07 bits per heavy atom. The van der Waals surface area contributed by atoms with Crippen LogP contribution in [-0.4, -0.2) is 59.5 Å². The zero-order valence-electron chi connectivity index (χ0n) is 20.9. The van der Waals surface area contributed by atoms with E-state index in [-0.39, 0.29) is 41.9 Å². The van der Waals surface area contributed by atoms with E-state index in [1.165, 1.54) is 13.0 Å². The van der Waals surface area contributed by atoms with Gasteiger partial charge in [-0.3, -0.25) is 10.2 Å². The lowest BCUT2D eigenvalue weighted by Crippen LogP contribution is -2.46. The second kappa shape index (κ2) is 10.5. The molecule has 2 heterocycles. The van der Waals surface area contributed by atoms with Gasteiger partial charge in [0.25, 0.3) is 11.5 Å². The minimum atomic E-state index is -5.47. The van der Waals surface area contributed by atoms with Crippen LogP contribution in [0, 0.1) is 12.7 Å². The van der Waals surface area contributed by atoms with Crippen molar-refractivity contribution in [2.24, 2.45) is 5.16 Å². The molecular weight excluding hydrogens is 618 g/mol. The van der Waals surface area contributed by atoms with Gasteiger partial charge in [-0.2, -0.15) is 39.5 Å². The number of carbonyl (C=O) groups is 2. The van der Waals surface area contributed by atoms with Crippen LogP contribution in [0.15, 0.2) is 35.5 Å². The highest BCUT2D eigenvalue weighted by atomic mass is 35.5. The number of amides is 3. The second-order valence-corrected chi connectivity index (χ2v) is 9.80. The van der Waals surface area contributed by atoms with Gasteiger partial charge in [0.1, 0.15) is 12.4 Å². The molecule has 1 atom stereocenters. The number of alkyl halides is 9. The molecule has 2 aliphatic heterocycles.